The van der Waals surface area contributed by atoms with Crippen LogP contribution in [0.2, 0.25) is 0 Å². The molecule has 0 saturated heterocycles. The largest absolute Gasteiger partial charge is 0.294 e. The molecule has 0 N–H and O–H groups in total. The van der Waals surface area contributed by atoms with Crippen LogP contribution in [0.1, 0.15) is 23.2 Å². The first-order chi connectivity index (χ1) is 6.24. The van der Waals surface area contributed by atoms with Crippen molar-refractivity contribution in [1.29, 1.82) is 5.26 Å². The predicted octanol–water partition coefficient (Wildman–Crippen LogP) is 2.33. The van der Waals surface area contributed by atoms with Gasteiger partial charge in [-0.05, 0) is 22.0 Å². The van der Waals surface area contributed by atoms with Gasteiger partial charge in [0.1, 0.15) is 0 Å². The van der Waals surface area contributed by atoms with E-state index in [1.807, 2.05) is 6.07 Å². The van der Waals surface area contributed by atoms with Crippen molar-refractivity contribution in [1.82, 2.24) is 4.98 Å². The molecule has 1 rings (SSSR count). The summed E-state index contributed by atoms with van der Waals surface area (Å²) in [6.45, 7) is 0. The van der Waals surface area contributed by atoms with Gasteiger partial charge in [-0.3, -0.25) is 9.78 Å². The Morgan fingerprint density at radius 1 is 1.62 bits per heavy atom. The Kier molecular flexibility index (Phi) is 3.59. The van der Waals surface area contributed by atoms with Crippen LogP contribution in [0, 0.1) is 11.3 Å². The first-order valence-corrected chi connectivity index (χ1v) is 4.54. The van der Waals surface area contributed by atoms with Crippen LogP contribution in [0.4, 0.5) is 0 Å². The van der Waals surface area contributed by atoms with Crippen molar-refractivity contribution in [2.75, 3.05) is 0 Å². The van der Waals surface area contributed by atoms with Gasteiger partial charge in [0.2, 0.25) is 0 Å². The van der Waals surface area contributed by atoms with E-state index in [0.29, 0.717) is 5.56 Å². The minimum atomic E-state index is -0.0460. The monoisotopic (exact) mass is 238 g/mol. The average Bonchev–Trinajstić information content (AvgIpc) is 2.14. The summed E-state index contributed by atoms with van der Waals surface area (Å²) in [5, 5.41) is 8.29. The number of rotatable bonds is 3. The van der Waals surface area contributed by atoms with Gasteiger partial charge in [0.15, 0.2) is 5.78 Å². The minimum Gasteiger partial charge on any atom is -0.294 e. The lowest BCUT2D eigenvalue weighted by Crippen LogP contribution is -1.98. The van der Waals surface area contributed by atoms with Crippen molar-refractivity contribution in [3.8, 4) is 6.07 Å². The molecule has 1 heterocycles. The fourth-order valence-electron chi connectivity index (χ4n) is 0.878. The van der Waals surface area contributed by atoms with Crippen LogP contribution in [-0.2, 0) is 0 Å². The lowest BCUT2D eigenvalue weighted by atomic mass is 10.1. The molecule has 4 heteroatoms. The van der Waals surface area contributed by atoms with Crippen LogP contribution in [-0.4, -0.2) is 10.8 Å². The van der Waals surface area contributed by atoms with Crippen LogP contribution in [0.5, 0.6) is 0 Å². The van der Waals surface area contributed by atoms with Gasteiger partial charge in [0, 0.05) is 35.3 Å². The molecule has 0 radical (unpaired) electrons. The number of nitrogens with zero attached hydrogens (tertiary/aromatic N) is 2. The fraction of sp³-hybridized carbons (Fsp3) is 0.222. The second-order valence-electron chi connectivity index (χ2n) is 2.47. The molecule has 3 nitrogen and oxygen atoms in total. The lowest BCUT2D eigenvalue weighted by molar-refractivity contribution is 0.0983. The summed E-state index contributed by atoms with van der Waals surface area (Å²) in [5.41, 5.74) is 0.546. The molecule has 0 unspecified atom stereocenters. The van der Waals surface area contributed by atoms with Crippen LogP contribution in [0.3, 0.4) is 0 Å². The highest BCUT2D eigenvalue weighted by Crippen LogP contribution is 2.11. The summed E-state index contributed by atoms with van der Waals surface area (Å²) in [5.74, 6) is -0.0460. The Bertz CT molecular complexity index is 357. The number of aromatic nitrogens is 1. The summed E-state index contributed by atoms with van der Waals surface area (Å²) < 4.78 is 0.773. The molecular formula is C9H7BrN2O. The third kappa shape index (κ3) is 2.96. The van der Waals surface area contributed by atoms with Gasteiger partial charge in [-0.1, -0.05) is 0 Å². The number of hydrogen-bond acceptors (Lipinski definition) is 3. The van der Waals surface area contributed by atoms with E-state index in [-0.39, 0.29) is 18.6 Å². The van der Waals surface area contributed by atoms with Gasteiger partial charge >= 0.3 is 0 Å². The molecule has 0 aliphatic rings. The number of Topliss-reactive ketones (excluding diaryl/α,β-unsaturated/α-hetero) is 1. The molecule has 13 heavy (non-hydrogen) atoms. The summed E-state index contributed by atoms with van der Waals surface area (Å²) in [6.07, 6.45) is 3.63. The Morgan fingerprint density at radius 3 is 3.00 bits per heavy atom. The van der Waals surface area contributed by atoms with E-state index < -0.39 is 0 Å². The summed E-state index contributed by atoms with van der Waals surface area (Å²) in [7, 11) is 0. The van der Waals surface area contributed by atoms with Crippen molar-refractivity contribution < 1.29 is 4.79 Å². The van der Waals surface area contributed by atoms with E-state index in [1.54, 1.807) is 12.3 Å². The van der Waals surface area contributed by atoms with E-state index in [1.165, 1.54) is 6.20 Å². The molecule has 0 aromatic carbocycles. The van der Waals surface area contributed by atoms with E-state index in [0.717, 1.165) is 4.47 Å². The van der Waals surface area contributed by atoms with Crippen molar-refractivity contribution in [3.63, 3.8) is 0 Å². The lowest BCUT2D eigenvalue weighted by Gasteiger charge is -1.97. The first kappa shape index (κ1) is 9.87. The van der Waals surface area contributed by atoms with E-state index >= 15 is 0 Å². The first-order valence-electron chi connectivity index (χ1n) is 3.74. The summed E-state index contributed by atoms with van der Waals surface area (Å²) in [4.78, 5) is 15.2. The third-order valence-corrected chi connectivity index (χ3v) is 1.92. The summed E-state index contributed by atoms with van der Waals surface area (Å²) in [6, 6.07) is 3.63. The standard InChI is InChI=1S/C9H7BrN2O/c10-8-4-7(5-12-6-8)9(13)2-1-3-11/h4-6H,1-2H2. The van der Waals surface area contributed by atoms with Gasteiger partial charge in [-0.25, -0.2) is 0 Å². The molecule has 0 atom stereocenters. The Hall–Kier alpha value is -1.21. The van der Waals surface area contributed by atoms with Crippen molar-refractivity contribution in [3.05, 3.63) is 28.5 Å². The number of halogens is 1. The highest BCUT2D eigenvalue weighted by molar-refractivity contribution is 9.10. The third-order valence-electron chi connectivity index (χ3n) is 1.49. The quantitative estimate of drug-likeness (QED) is 0.760. The maximum atomic E-state index is 11.3. The van der Waals surface area contributed by atoms with Crippen molar-refractivity contribution >= 4 is 21.7 Å². The number of carbonyl (C=O) groups is 1. The Balaban J connectivity index is 2.72. The van der Waals surface area contributed by atoms with Crippen LogP contribution < -0.4 is 0 Å². The molecule has 0 saturated carbocycles. The summed E-state index contributed by atoms with van der Waals surface area (Å²) >= 11 is 3.22. The Morgan fingerprint density at radius 2 is 2.38 bits per heavy atom. The minimum absolute atomic E-state index is 0.0460. The molecule has 0 fully saturated rings. The zero-order valence-electron chi connectivity index (χ0n) is 6.83. The number of hydrogen-bond donors (Lipinski definition) is 0. The fourth-order valence-corrected chi connectivity index (χ4v) is 1.24. The second kappa shape index (κ2) is 4.73. The highest BCUT2D eigenvalue weighted by atomic mass is 79.9. The molecule has 0 amide bonds. The molecule has 0 aliphatic heterocycles. The van der Waals surface area contributed by atoms with Gasteiger partial charge in [0.05, 0.1) is 6.07 Å². The Labute approximate surface area is 84.5 Å². The number of nitriles is 1. The van der Waals surface area contributed by atoms with Gasteiger partial charge in [0.25, 0.3) is 0 Å². The van der Waals surface area contributed by atoms with E-state index in [2.05, 4.69) is 20.9 Å². The number of ketones is 1. The number of pyridine rings is 1. The molecule has 1 aromatic heterocycles. The van der Waals surface area contributed by atoms with Crippen LogP contribution in [0.25, 0.3) is 0 Å². The van der Waals surface area contributed by atoms with E-state index in [4.69, 9.17) is 5.26 Å². The molecule has 0 bridgehead atoms. The molecule has 1 aromatic rings. The van der Waals surface area contributed by atoms with Gasteiger partial charge < -0.3 is 0 Å². The van der Waals surface area contributed by atoms with Crippen molar-refractivity contribution in [2.24, 2.45) is 0 Å². The zero-order valence-corrected chi connectivity index (χ0v) is 8.41. The highest BCUT2D eigenvalue weighted by Gasteiger charge is 2.05. The molecule has 0 spiro atoms. The maximum absolute atomic E-state index is 11.3. The number of carbonyl (C=O) groups excluding carboxylic acids is 1. The predicted molar refractivity (Wildman–Crippen MR) is 51.1 cm³/mol. The van der Waals surface area contributed by atoms with E-state index in [9.17, 15) is 4.79 Å². The van der Waals surface area contributed by atoms with Crippen LogP contribution in [0.15, 0.2) is 22.9 Å². The average molecular weight is 239 g/mol. The second-order valence-corrected chi connectivity index (χ2v) is 3.39. The topological polar surface area (TPSA) is 53.8 Å². The smallest absolute Gasteiger partial charge is 0.165 e. The molecule has 66 valence electrons. The SMILES string of the molecule is N#CCCC(=O)c1cncc(Br)c1. The van der Waals surface area contributed by atoms with Gasteiger partial charge in [-0.15, -0.1) is 0 Å². The molecule has 0 aliphatic carbocycles. The zero-order chi connectivity index (χ0) is 9.68. The van der Waals surface area contributed by atoms with Crippen molar-refractivity contribution in [2.45, 2.75) is 12.8 Å². The maximum Gasteiger partial charge on any atom is 0.165 e. The van der Waals surface area contributed by atoms with Gasteiger partial charge in [-0.2, -0.15) is 5.26 Å². The van der Waals surface area contributed by atoms with Crippen LogP contribution >= 0.6 is 15.9 Å². The molecular weight excluding hydrogens is 232 g/mol. The normalized spacial score (nSPS) is 9.23.